The number of aryl methyl sites for hydroxylation is 1. The van der Waals surface area contributed by atoms with Crippen LogP contribution in [0.2, 0.25) is 0 Å². The quantitative estimate of drug-likeness (QED) is 0.659. The molecule has 1 aromatic carbocycles. The van der Waals surface area contributed by atoms with Gasteiger partial charge in [0, 0.05) is 26.9 Å². The lowest BCUT2D eigenvalue weighted by atomic mass is 10.0. The van der Waals surface area contributed by atoms with E-state index in [-0.39, 0.29) is 6.10 Å². The van der Waals surface area contributed by atoms with Crippen molar-refractivity contribution in [3.63, 3.8) is 0 Å². The number of ether oxygens (including phenoxy) is 3. The minimum Gasteiger partial charge on any atom is -0.382 e. The molecule has 4 nitrogen and oxygen atoms in total. The molecule has 0 saturated heterocycles. The lowest BCUT2D eigenvalue weighted by molar-refractivity contribution is 0.0259. The van der Waals surface area contributed by atoms with Crippen molar-refractivity contribution in [3.05, 3.63) is 35.4 Å². The van der Waals surface area contributed by atoms with Crippen LogP contribution >= 0.6 is 0 Å². The Balaban J connectivity index is 2.24. The van der Waals surface area contributed by atoms with Crippen molar-refractivity contribution in [3.8, 4) is 0 Å². The third kappa shape index (κ3) is 6.16. The average molecular weight is 267 g/mol. The molecule has 0 aliphatic heterocycles. The summed E-state index contributed by atoms with van der Waals surface area (Å²) in [5.41, 5.74) is 8.17. The lowest BCUT2D eigenvalue weighted by Gasteiger charge is -2.18. The molecule has 0 heterocycles. The van der Waals surface area contributed by atoms with Crippen LogP contribution in [0.1, 0.15) is 23.7 Å². The first-order valence-electron chi connectivity index (χ1n) is 6.73. The third-order valence-electron chi connectivity index (χ3n) is 2.93. The summed E-state index contributed by atoms with van der Waals surface area (Å²) in [5.74, 6) is 0. The summed E-state index contributed by atoms with van der Waals surface area (Å²) < 4.78 is 16.1. The Kier molecular flexibility index (Phi) is 8.41. The fourth-order valence-corrected chi connectivity index (χ4v) is 1.86. The molecule has 0 aromatic heterocycles. The van der Waals surface area contributed by atoms with Gasteiger partial charge in [-0.25, -0.2) is 0 Å². The van der Waals surface area contributed by atoms with E-state index < -0.39 is 0 Å². The zero-order valence-corrected chi connectivity index (χ0v) is 11.9. The highest BCUT2D eigenvalue weighted by molar-refractivity contribution is 5.27. The van der Waals surface area contributed by atoms with Gasteiger partial charge >= 0.3 is 0 Å². The van der Waals surface area contributed by atoms with Crippen molar-refractivity contribution in [2.24, 2.45) is 5.73 Å². The van der Waals surface area contributed by atoms with Gasteiger partial charge in [-0.2, -0.15) is 0 Å². The van der Waals surface area contributed by atoms with E-state index in [1.807, 2.05) is 12.1 Å². The average Bonchev–Trinajstić information content (AvgIpc) is 2.43. The summed E-state index contributed by atoms with van der Waals surface area (Å²) in [7, 11) is 1.67. The number of hydrogen-bond donors (Lipinski definition) is 1. The Morgan fingerprint density at radius 3 is 2.58 bits per heavy atom. The largest absolute Gasteiger partial charge is 0.382 e. The molecule has 0 bridgehead atoms. The van der Waals surface area contributed by atoms with Gasteiger partial charge in [-0.1, -0.05) is 24.3 Å². The summed E-state index contributed by atoms with van der Waals surface area (Å²) in [6, 6.07) is 8.19. The Bertz CT molecular complexity index is 344. The number of rotatable bonds is 10. The SMILES string of the molecule is COCCOCCCOC(CN)c1ccccc1C. The molecule has 0 aliphatic carbocycles. The van der Waals surface area contributed by atoms with Crippen molar-refractivity contribution in [2.75, 3.05) is 40.1 Å². The molecule has 0 amide bonds. The molecule has 2 N–H and O–H groups in total. The summed E-state index contributed by atoms with van der Waals surface area (Å²) in [5, 5.41) is 0. The van der Waals surface area contributed by atoms with Gasteiger partial charge in [-0.15, -0.1) is 0 Å². The van der Waals surface area contributed by atoms with E-state index in [0.29, 0.717) is 33.0 Å². The van der Waals surface area contributed by atoms with Crippen LogP contribution in [0, 0.1) is 6.92 Å². The summed E-state index contributed by atoms with van der Waals surface area (Å²) in [6.45, 7) is 5.19. The van der Waals surface area contributed by atoms with Crippen molar-refractivity contribution in [2.45, 2.75) is 19.4 Å². The van der Waals surface area contributed by atoms with E-state index in [2.05, 4.69) is 19.1 Å². The first kappa shape index (κ1) is 16.1. The molecular weight excluding hydrogens is 242 g/mol. The summed E-state index contributed by atoms with van der Waals surface area (Å²) in [4.78, 5) is 0. The van der Waals surface area contributed by atoms with Crippen LogP contribution < -0.4 is 5.73 Å². The van der Waals surface area contributed by atoms with Crippen LogP contribution in [0.25, 0.3) is 0 Å². The maximum atomic E-state index is 5.83. The maximum absolute atomic E-state index is 5.83. The first-order chi connectivity index (χ1) is 9.29. The maximum Gasteiger partial charge on any atom is 0.0949 e. The molecule has 1 aromatic rings. The van der Waals surface area contributed by atoms with Gasteiger partial charge < -0.3 is 19.9 Å². The fraction of sp³-hybridized carbons (Fsp3) is 0.600. The van der Waals surface area contributed by atoms with E-state index >= 15 is 0 Å². The van der Waals surface area contributed by atoms with Gasteiger partial charge in [0.25, 0.3) is 0 Å². The molecule has 19 heavy (non-hydrogen) atoms. The van der Waals surface area contributed by atoms with Crippen LogP contribution in [-0.4, -0.2) is 40.1 Å². The predicted octanol–water partition coefficient (Wildman–Crippen LogP) is 2.06. The topological polar surface area (TPSA) is 53.7 Å². The zero-order valence-electron chi connectivity index (χ0n) is 11.9. The minimum absolute atomic E-state index is 0.0276. The van der Waals surface area contributed by atoms with Gasteiger partial charge in [0.2, 0.25) is 0 Å². The highest BCUT2D eigenvalue weighted by Crippen LogP contribution is 2.20. The zero-order chi connectivity index (χ0) is 13.9. The molecule has 0 spiro atoms. The van der Waals surface area contributed by atoms with Gasteiger partial charge in [-0.05, 0) is 24.5 Å². The Hall–Kier alpha value is -0.940. The number of benzene rings is 1. The Labute approximate surface area is 115 Å². The van der Waals surface area contributed by atoms with E-state index in [1.165, 1.54) is 11.1 Å². The molecular formula is C15H25NO3. The molecule has 108 valence electrons. The fourth-order valence-electron chi connectivity index (χ4n) is 1.86. The van der Waals surface area contributed by atoms with Crippen molar-refractivity contribution < 1.29 is 14.2 Å². The van der Waals surface area contributed by atoms with E-state index in [4.69, 9.17) is 19.9 Å². The first-order valence-corrected chi connectivity index (χ1v) is 6.73. The number of methoxy groups -OCH3 is 1. The second-order valence-electron chi connectivity index (χ2n) is 4.41. The summed E-state index contributed by atoms with van der Waals surface area (Å²) in [6.07, 6.45) is 0.840. The molecule has 0 fully saturated rings. The van der Waals surface area contributed by atoms with Crippen LogP contribution in [-0.2, 0) is 14.2 Å². The third-order valence-corrected chi connectivity index (χ3v) is 2.93. The second-order valence-corrected chi connectivity index (χ2v) is 4.41. The van der Waals surface area contributed by atoms with Crippen molar-refractivity contribution in [1.29, 1.82) is 0 Å². The smallest absolute Gasteiger partial charge is 0.0949 e. The standard InChI is InChI=1S/C15H25NO3/c1-13-6-3-4-7-14(13)15(12-16)19-9-5-8-18-11-10-17-2/h3-4,6-7,15H,5,8-12,16H2,1-2H3. The van der Waals surface area contributed by atoms with Gasteiger partial charge in [0.15, 0.2) is 0 Å². The normalized spacial score (nSPS) is 12.6. The predicted molar refractivity (Wildman–Crippen MR) is 76.2 cm³/mol. The van der Waals surface area contributed by atoms with Crippen molar-refractivity contribution in [1.82, 2.24) is 0 Å². The van der Waals surface area contributed by atoms with Gasteiger partial charge in [0.1, 0.15) is 0 Å². The monoisotopic (exact) mass is 267 g/mol. The van der Waals surface area contributed by atoms with Crippen LogP contribution in [0.4, 0.5) is 0 Å². The molecule has 0 aliphatic rings. The van der Waals surface area contributed by atoms with Crippen LogP contribution in [0.5, 0.6) is 0 Å². The molecule has 0 saturated carbocycles. The van der Waals surface area contributed by atoms with E-state index in [0.717, 1.165) is 6.42 Å². The minimum atomic E-state index is -0.0276. The van der Waals surface area contributed by atoms with Crippen LogP contribution in [0.15, 0.2) is 24.3 Å². The van der Waals surface area contributed by atoms with Crippen LogP contribution in [0.3, 0.4) is 0 Å². The summed E-state index contributed by atoms with van der Waals surface area (Å²) >= 11 is 0. The Morgan fingerprint density at radius 2 is 1.89 bits per heavy atom. The molecule has 4 heteroatoms. The highest BCUT2D eigenvalue weighted by Gasteiger charge is 2.11. The van der Waals surface area contributed by atoms with Crippen molar-refractivity contribution >= 4 is 0 Å². The lowest BCUT2D eigenvalue weighted by Crippen LogP contribution is -2.18. The van der Waals surface area contributed by atoms with Gasteiger partial charge in [-0.3, -0.25) is 0 Å². The molecule has 1 atom stereocenters. The van der Waals surface area contributed by atoms with E-state index in [9.17, 15) is 0 Å². The van der Waals surface area contributed by atoms with E-state index in [1.54, 1.807) is 7.11 Å². The number of nitrogens with two attached hydrogens (primary N) is 1. The highest BCUT2D eigenvalue weighted by atomic mass is 16.5. The Morgan fingerprint density at radius 1 is 1.11 bits per heavy atom. The molecule has 1 unspecified atom stereocenters. The number of hydrogen-bond acceptors (Lipinski definition) is 4. The van der Waals surface area contributed by atoms with Gasteiger partial charge in [0.05, 0.1) is 19.3 Å². The molecule has 0 radical (unpaired) electrons. The molecule has 1 rings (SSSR count). The second kappa shape index (κ2) is 9.92.